The molecule has 2 heterocycles. The fraction of sp³-hybridized carbons (Fsp3) is 0.452. The first kappa shape index (κ1) is 24.8. The van der Waals surface area contributed by atoms with Crippen molar-refractivity contribution in [3.8, 4) is 17.0 Å². The molecule has 2 N–H and O–H groups in total. The molecule has 0 bridgehead atoms. The van der Waals surface area contributed by atoms with Crippen LogP contribution in [0.2, 0.25) is 0 Å². The minimum Gasteiger partial charge on any atom is -0.490 e. The van der Waals surface area contributed by atoms with Gasteiger partial charge in [-0.15, -0.1) is 0 Å². The molecule has 190 valence electrons. The maximum Gasteiger partial charge on any atom is 0.129 e. The Morgan fingerprint density at radius 1 is 0.917 bits per heavy atom. The van der Waals surface area contributed by atoms with Crippen LogP contribution in [0.25, 0.3) is 11.3 Å². The Hall–Kier alpha value is -2.89. The van der Waals surface area contributed by atoms with Crippen molar-refractivity contribution in [1.29, 1.82) is 0 Å². The maximum atomic E-state index is 6.64. The van der Waals surface area contributed by atoms with Crippen LogP contribution in [0.4, 0.5) is 5.82 Å². The number of aromatic nitrogens is 1. The zero-order chi connectivity index (χ0) is 24.7. The van der Waals surface area contributed by atoms with Crippen LogP contribution in [0, 0.1) is 0 Å². The Bertz CT molecular complexity index is 1100. The molecule has 2 aromatic carbocycles. The first-order valence-corrected chi connectivity index (χ1v) is 13.7. The average molecular weight is 485 g/mol. The van der Waals surface area contributed by atoms with Crippen LogP contribution >= 0.6 is 0 Å². The van der Waals surface area contributed by atoms with E-state index in [4.69, 9.17) is 10.5 Å². The summed E-state index contributed by atoms with van der Waals surface area (Å²) in [4.78, 5) is 9.80. The first-order chi connectivity index (χ1) is 17.7. The van der Waals surface area contributed by atoms with Crippen molar-refractivity contribution in [2.45, 2.75) is 57.6 Å². The molecule has 1 aromatic heterocycles. The second-order valence-corrected chi connectivity index (χ2v) is 10.4. The van der Waals surface area contributed by atoms with Gasteiger partial charge in [-0.05, 0) is 74.4 Å². The quantitative estimate of drug-likeness (QED) is 0.427. The van der Waals surface area contributed by atoms with Crippen LogP contribution in [0.5, 0.6) is 5.75 Å². The van der Waals surface area contributed by atoms with E-state index in [1.165, 1.54) is 30.4 Å². The van der Waals surface area contributed by atoms with Gasteiger partial charge in [-0.2, -0.15) is 0 Å². The lowest BCUT2D eigenvalue weighted by Crippen LogP contribution is -2.47. The van der Waals surface area contributed by atoms with Crippen molar-refractivity contribution in [2.75, 3.05) is 38.5 Å². The zero-order valence-electron chi connectivity index (χ0n) is 21.6. The molecule has 0 spiro atoms. The van der Waals surface area contributed by atoms with Gasteiger partial charge in [-0.3, -0.25) is 4.90 Å². The summed E-state index contributed by atoms with van der Waals surface area (Å²) in [6.07, 6.45) is 7.50. The predicted molar refractivity (Wildman–Crippen MR) is 148 cm³/mol. The molecule has 1 saturated heterocycles. The van der Waals surface area contributed by atoms with E-state index < -0.39 is 0 Å². The van der Waals surface area contributed by atoms with Gasteiger partial charge in [0.25, 0.3) is 0 Å². The third-order valence-electron chi connectivity index (χ3n) is 7.89. The third kappa shape index (κ3) is 6.26. The van der Waals surface area contributed by atoms with E-state index in [1.807, 2.05) is 18.2 Å². The highest BCUT2D eigenvalue weighted by Gasteiger charge is 2.24. The minimum atomic E-state index is 0.289. The molecule has 5 nitrogen and oxygen atoms in total. The van der Waals surface area contributed by atoms with Crippen molar-refractivity contribution < 1.29 is 4.74 Å². The first-order valence-electron chi connectivity index (χ1n) is 13.7. The lowest BCUT2D eigenvalue weighted by atomic mass is 9.97. The van der Waals surface area contributed by atoms with Crippen molar-refractivity contribution in [2.24, 2.45) is 0 Å². The molecule has 1 aliphatic carbocycles. The molecule has 3 aromatic rings. The van der Waals surface area contributed by atoms with E-state index >= 15 is 0 Å². The summed E-state index contributed by atoms with van der Waals surface area (Å²) in [5.41, 5.74) is 10.7. The van der Waals surface area contributed by atoms with Gasteiger partial charge >= 0.3 is 0 Å². The number of nitrogens with two attached hydrogens (primary N) is 1. The SMILES string of the molecule is CC(c1ccc(-c2cccc(N)n2)c(OC2CCCCC2)c1)N1CCN(CCc2ccccc2)CC1. The van der Waals surface area contributed by atoms with Crippen molar-refractivity contribution >= 4 is 5.82 Å². The van der Waals surface area contributed by atoms with Gasteiger partial charge in [-0.1, -0.05) is 48.9 Å². The van der Waals surface area contributed by atoms with Crippen LogP contribution in [0.1, 0.15) is 56.2 Å². The number of nitrogens with zero attached hydrogens (tertiary/aromatic N) is 3. The van der Waals surface area contributed by atoms with Crippen LogP contribution < -0.4 is 10.5 Å². The number of rotatable bonds is 8. The molecular formula is C31H40N4O. The summed E-state index contributed by atoms with van der Waals surface area (Å²) < 4.78 is 6.64. The fourth-order valence-electron chi connectivity index (χ4n) is 5.59. The fourth-order valence-corrected chi connectivity index (χ4v) is 5.59. The smallest absolute Gasteiger partial charge is 0.129 e. The van der Waals surface area contributed by atoms with Crippen molar-refractivity contribution in [1.82, 2.24) is 14.8 Å². The van der Waals surface area contributed by atoms with E-state index in [9.17, 15) is 0 Å². The number of ether oxygens (including phenoxy) is 1. The highest BCUT2D eigenvalue weighted by Crippen LogP contribution is 2.36. The van der Waals surface area contributed by atoms with Gasteiger partial charge < -0.3 is 15.4 Å². The summed E-state index contributed by atoms with van der Waals surface area (Å²) in [7, 11) is 0. The molecule has 1 unspecified atom stereocenters. The van der Waals surface area contributed by atoms with E-state index in [-0.39, 0.29) is 6.10 Å². The highest BCUT2D eigenvalue weighted by molar-refractivity contribution is 5.69. The molecule has 1 saturated carbocycles. The molecular weight excluding hydrogens is 444 g/mol. The van der Waals surface area contributed by atoms with Gasteiger partial charge in [0.05, 0.1) is 11.8 Å². The van der Waals surface area contributed by atoms with Gasteiger partial charge in [-0.25, -0.2) is 4.98 Å². The summed E-state index contributed by atoms with van der Waals surface area (Å²) in [6.45, 7) is 7.88. The Balaban J connectivity index is 1.27. The number of nitrogen functional groups attached to an aromatic ring is 1. The van der Waals surface area contributed by atoms with E-state index in [1.54, 1.807) is 0 Å². The van der Waals surface area contributed by atoms with Crippen LogP contribution in [0.3, 0.4) is 0 Å². The average Bonchev–Trinajstić information content (AvgIpc) is 2.93. The summed E-state index contributed by atoms with van der Waals surface area (Å²) in [6, 6.07) is 23.7. The second kappa shape index (κ2) is 11.9. The number of hydrogen-bond acceptors (Lipinski definition) is 5. The Morgan fingerprint density at radius 2 is 1.69 bits per heavy atom. The third-order valence-corrected chi connectivity index (χ3v) is 7.89. The number of anilines is 1. The van der Waals surface area contributed by atoms with Gasteiger partial charge in [0.15, 0.2) is 0 Å². The molecule has 36 heavy (non-hydrogen) atoms. The Kier molecular flexibility index (Phi) is 8.19. The number of benzene rings is 2. The standard InChI is InChI=1S/C31H40N4O/c1-24(35-21-19-34(20-22-35)18-17-25-9-4-2-5-10-25)26-15-16-28(29-13-8-14-31(32)33-29)30(23-26)36-27-11-6-3-7-12-27/h2,4-5,8-10,13-16,23-24,27H,3,6-7,11-12,17-22H2,1H3,(H2,32,33). The largest absolute Gasteiger partial charge is 0.490 e. The lowest BCUT2D eigenvalue weighted by Gasteiger charge is -2.38. The Morgan fingerprint density at radius 3 is 2.44 bits per heavy atom. The number of piperazine rings is 1. The zero-order valence-corrected chi connectivity index (χ0v) is 21.6. The van der Waals surface area contributed by atoms with E-state index in [0.717, 1.165) is 69.0 Å². The summed E-state index contributed by atoms with van der Waals surface area (Å²) >= 11 is 0. The monoisotopic (exact) mass is 484 g/mol. The molecule has 2 aliphatic rings. The summed E-state index contributed by atoms with van der Waals surface area (Å²) in [5.74, 6) is 1.49. The number of pyridine rings is 1. The van der Waals surface area contributed by atoms with Gasteiger partial charge in [0, 0.05) is 44.3 Å². The van der Waals surface area contributed by atoms with E-state index in [2.05, 4.69) is 70.2 Å². The Labute approximate surface area is 216 Å². The molecule has 2 fully saturated rings. The highest BCUT2D eigenvalue weighted by atomic mass is 16.5. The number of hydrogen-bond donors (Lipinski definition) is 1. The van der Waals surface area contributed by atoms with Crippen LogP contribution in [0.15, 0.2) is 66.7 Å². The summed E-state index contributed by atoms with van der Waals surface area (Å²) in [5, 5.41) is 0. The van der Waals surface area contributed by atoms with Gasteiger partial charge in [0.2, 0.25) is 0 Å². The molecule has 0 radical (unpaired) electrons. The minimum absolute atomic E-state index is 0.289. The topological polar surface area (TPSA) is 54.6 Å². The maximum absolute atomic E-state index is 6.64. The normalized spacial score (nSPS) is 18.7. The van der Waals surface area contributed by atoms with Crippen LogP contribution in [-0.2, 0) is 6.42 Å². The molecule has 5 heteroatoms. The van der Waals surface area contributed by atoms with Crippen LogP contribution in [-0.4, -0.2) is 53.6 Å². The molecule has 0 amide bonds. The second-order valence-electron chi connectivity index (χ2n) is 10.4. The van der Waals surface area contributed by atoms with E-state index in [0.29, 0.717) is 11.9 Å². The molecule has 1 atom stereocenters. The van der Waals surface area contributed by atoms with Crippen molar-refractivity contribution in [3.63, 3.8) is 0 Å². The lowest BCUT2D eigenvalue weighted by molar-refractivity contribution is 0.103. The van der Waals surface area contributed by atoms with Gasteiger partial charge in [0.1, 0.15) is 11.6 Å². The predicted octanol–water partition coefficient (Wildman–Crippen LogP) is 5.96. The molecule has 1 aliphatic heterocycles. The molecule has 5 rings (SSSR count). The van der Waals surface area contributed by atoms with Crippen molar-refractivity contribution in [3.05, 3.63) is 77.9 Å².